The Morgan fingerprint density at radius 1 is 1.23 bits per heavy atom. The van der Waals surface area contributed by atoms with Crippen LogP contribution in [0.4, 0.5) is 4.79 Å². The molecule has 1 atom stereocenters. The number of nitrogens with two attached hydrogens (primary N) is 1. The summed E-state index contributed by atoms with van der Waals surface area (Å²) in [4.78, 5) is 29.3. The Kier molecular flexibility index (Phi) is 5.12. The van der Waals surface area contributed by atoms with Gasteiger partial charge >= 0.3 is 6.09 Å². The summed E-state index contributed by atoms with van der Waals surface area (Å²) in [6, 6.07) is 4.33. The van der Waals surface area contributed by atoms with Crippen LogP contribution in [0.15, 0.2) is 12.1 Å². The van der Waals surface area contributed by atoms with E-state index in [9.17, 15) is 9.59 Å². The van der Waals surface area contributed by atoms with Crippen molar-refractivity contribution in [3.63, 3.8) is 0 Å². The molecule has 1 aliphatic carbocycles. The molecule has 6 heteroatoms. The zero-order valence-electron chi connectivity index (χ0n) is 19.0. The van der Waals surface area contributed by atoms with Crippen LogP contribution in [0.2, 0.25) is 0 Å². The Hall–Kier alpha value is -2.08. The number of aryl methyl sites for hydroxylation is 1. The third-order valence-electron chi connectivity index (χ3n) is 6.90. The first-order valence-corrected chi connectivity index (χ1v) is 11.2. The van der Waals surface area contributed by atoms with Gasteiger partial charge in [0.05, 0.1) is 0 Å². The molecule has 0 aromatic heterocycles. The second-order valence-corrected chi connectivity index (χ2v) is 10.7. The minimum absolute atomic E-state index is 0.0742. The summed E-state index contributed by atoms with van der Waals surface area (Å²) in [7, 11) is 0. The monoisotopic (exact) mass is 413 g/mol. The summed E-state index contributed by atoms with van der Waals surface area (Å²) >= 11 is 0. The van der Waals surface area contributed by atoms with Gasteiger partial charge in [0.25, 0.3) is 5.91 Å². The van der Waals surface area contributed by atoms with Gasteiger partial charge in [-0.25, -0.2) is 4.79 Å². The number of rotatable bonds is 2. The molecule has 1 saturated carbocycles. The van der Waals surface area contributed by atoms with Crippen LogP contribution in [0.1, 0.15) is 86.5 Å². The van der Waals surface area contributed by atoms with Crippen LogP contribution in [0, 0.1) is 12.3 Å². The molecule has 1 aromatic carbocycles. The van der Waals surface area contributed by atoms with E-state index in [1.807, 2.05) is 45.6 Å². The highest BCUT2D eigenvalue weighted by Gasteiger charge is 2.49. The van der Waals surface area contributed by atoms with Gasteiger partial charge in [-0.05, 0) is 83.1 Å². The maximum Gasteiger partial charge on any atom is 0.410 e. The van der Waals surface area contributed by atoms with E-state index in [0.29, 0.717) is 6.54 Å². The smallest absolute Gasteiger partial charge is 0.410 e. The fourth-order valence-corrected chi connectivity index (χ4v) is 5.37. The SMILES string of the molecule is Cc1cc2c(c(C(C)N)c1)CN(C1CCC3(CC1)CN(C(=O)OC(C)(C)C)C3)C2=O. The van der Waals surface area contributed by atoms with Crippen molar-refractivity contribution in [3.8, 4) is 0 Å². The average molecular weight is 414 g/mol. The Morgan fingerprint density at radius 3 is 2.43 bits per heavy atom. The third kappa shape index (κ3) is 3.82. The molecule has 0 bridgehead atoms. The third-order valence-corrected chi connectivity index (χ3v) is 6.90. The van der Waals surface area contributed by atoms with E-state index >= 15 is 0 Å². The quantitative estimate of drug-likeness (QED) is 0.790. The van der Waals surface area contributed by atoms with Crippen LogP contribution in [0.5, 0.6) is 0 Å². The zero-order chi connectivity index (χ0) is 21.8. The van der Waals surface area contributed by atoms with Gasteiger partial charge < -0.3 is 20.3 Å². The van der Waals surface area contributed by atoms with E-state index in [2.05, 4.69) is 11.0 Å². The lowest BCUT2D eigenvalue weighted by Gasteiger charge is -2.53. The predicted molar refractivity (Wildman–Crippen MR) is 116 cm³/mol. The molecular formula is C24H35N3O3. The number of benzene rings is 1. The van der Waals surface area contributed by atoms with Gasteiger partial charge in [0.15, 0.2) is 0 Å². The summed E-state index contributed by atoms with van der Waals surface area (Å²) in [5.41, 5.74) is 10.1. The second-order valence-electron chi connectivity index (χ2n) is 10.7. The van der Waals surface area contributed by atoms with Crippen LogP contribution in [-0.4, -0.2) is 46.5 Å². The molecule has 3 aliphatic rings. The van der Waals surface area contributed by atoms with Crippen molar-refractivity contribution in [2.75, 3.05) is 13.1 Å². The van der Waals surface area contributed by atoms with Crippen LogP contribution >= 0.6 is 0 Å². The lowest BCUT2D eigenvalue weighted by molar-refractivity contribution is -0.0566. The normalized spacial score (nSPS) is 22.1. The number of nitrogens with zero attached hydrogens (tertiary/aromatic N) is 2. The van der Waals surface area contributed by atoms with Crippen molar-refractivity contribution in [1.29, 1.82) is 0 Å². The minimum atomic E-state index is -0.457. The molecule has 1 unspecified atom stereocenters. The van der Waals surface area contributed by atoms with Crippen molar-refractivity contribution in [3.05, 3.63) is 34.4 Å². The molecule has 2 N–H and O–H groups in total. The molecule has 6 nitrogen and oxygen atoms in total. The van der Waals surface area contributed by atoms with Crippen molar-refractivity contribution in [1.82, 2.24) is 9.80 Å². The lowest BCUT2D eigenvalue weighted by Crippen LogP contribution is -2.61. The van der Waals surface area contributed by atoms with Crippen molar-refractivity contribution in [2.45, 2.75) is 84.5 Å². The van der Waals surface area contributed by atoms with Gasteiger partial charge in [0.2, 0.25) is 0 Å². The molecule has 2 amide bonds. The van der Waals surface area contributed by atoms with Gasteiger partial charge in [0, 0.05) is 42.7 Å². The molecule has 1 spiro atoms. The summed E-state index contributed by atoms with van der Waals surface area (Å²) in [6.45, 7) is 11.9. The summed E-state index contributed by atoms with van der Waals surface area (Å²) in [5.74, 6) is 0.153. The van der Waals surface area contributed by atoms with Crippen LogP contribution < -0.4 is 5.73 Å². The van der Waals surface area contributed by atoms with Crippen molar-refractivity contribution < 1.29 is 14.3 Å². The van der Waals surface area contributed by atoms with Crippen LogP contribution in [0.25, 0.3) is 0 Å². The van der Waals surface area contributed by atoms with E-state index < -0.39 is 5.60 Å². The molecule has 4 rings (SSSR count). The van der Waals surface area contributed by atoms with Gasteiger partial charge in [-0.1, -0.05) is 6.07 Å². The molecule has 2 heterocycles. The highest BCUT2D eigenvalue weighted by molar-refractivity contribution is 5.99. The standard InChI is InChI=1S/C24H35N3O3/c1-15-10-18(16(2)25)20-12-27(21(28)19(20)11-15)17-6-8-24(9-7-17)13-26(14-24)22(29)30-23(3,4)5/h10-11,16-17H,6-9,12-14,25H2,1-5H3. The molecule has 1 saturated heterocycles. The topological polar surface area (TPSA) is 75.9 Å². The fraction of sp³-hybridized carbons (Fsp3) is 0.667. The summed E-state index contributed by atoms with van der Waals surface area (Å²) in [6.07, 6.45) is 3.88. The largest absolute Gasteiger partial charge is 0.444 e. The minimum Gasteiger partial charge on any atom is -0.444 e. The molecular weight excluding hydrogens is 378 g/mol. The Bertz CT molecular complexity index is 855. The number of fused-ring (bicyclic) bond motifs is 1. The first-order chi connectivity index (χ1) is 14.0. The average Bonchev–Trinajstić information content (AvgIpc) is 2.94. The lowest BCUT2D eigenvalue weighted by atomic mass is 9.67. The molecule has 2 fully saturated rings. The molecule has 30 heavy (non-hydrogen) atoms. The van der Waals surface area contributed by atoms with E-state index in [-0.39, 0.29) is 29.5 Å². The Morgan fingerprint density at radius 2 is 1.87 bits per heavy atom. The number of hydrogen-bond acceptors (Lipinski definition) is 4. The number of likely N-dealkylation sites (tertiary alicyclic amines) is 1. The van der Waals surface area contributed by atoms with Gasteiger partial charge in [-0.2, -0.15) is 0 Å². The van der Waals surface area contributed by atoms with Crippen molar-refractivity contribution in [2.24, 2.45) is 11.1 Å². The van der Waals surface area contributed by atoms with Crippen molar-refractivity contribution >= 4 is 12.0 Å². The Labute approximate surface area is 179 Å². The number of carbonyl (C=O) groups is 2. The second kappa shape index (κ2) is 7.26. The first-order valence-electron chi connectivity index (χ1n) is 11.2. The maximum absolute atomic E-state index is 13.2. The van der Waals surface area contributed by atoms with E-state index in [0.717, 1.165) is 61.0 Å². The van der Waals surface area contributed by atoms with E-state index in [1.54, 1.807) is 0 Å². The number of ether oxygens (including phenoxy) is 1. The zero-order valence-corrected chi connectivity index (χ0v) is 19.0. The maximum atomic E-state index is 13.2. The van der Waals surface area contributed by atoms with Crippen LogP contribution in [-0.2, 0) is 11.3 Å². The van der Waals surface area contributed by atoms with Gasteiger partial charge in [-0.3, -0.25) is 4.79 Å². The predicted octanol–water partition coefficient (Wildman–Crippen LogP) is 4.15. The molecule has 0 radical (unpaired) electrons. The fourth-order valence-electron chi connectivity index (χ4n) is 5.37. The molecule has 2 aliphatic heterocycles. The van der Waals surface area contributed by atoms with Crippen LogP contribution in [0.3, 0.4) is 0 Å². The van der Waals surface area contributed by atoms with Gasteiger partial charge in [-0.15, -0.1) is 0 Å². The Balaban J connectivity index is 1.37. The first kappa shape index (κ1) is 21.2. The molecule has 1 aromatic rings. The number of carbonyl (C=O) groups excluding carboxylic acids is 2. The van der Waals surface area contributed by atoms with E-state index in [4.69, 9.17) is 10.5 Å². The molecule has 164 valence electrons. The van der Waals surface area contributed by atoms with Gasteiger partial charge in [0.1, 0.15) is 5.60 Å². The van der Waals surface area contributed by atoms with E-state index in [1.165, 1.54) is 0 Å². The highest BCUT2D eigenvalue weighted by atomic mass is 16.6. The highest BCUT2D eigenvalue weighted by Crippen LogP contribution is 2.46. The summed E-state index contributed by atoms with van der Waals surface area (Å²) < 4.78 is 5.49. The number of amides is 2. The summed E-state index contributed by atoms with van der Waals surface area (Å²) in [5, 5.41) is 0. The number of hydrogen-bond donors (Lipinski definition) is 1.